The lowest BCUT2D eigenvalue weighted by molar-refractivity contribution is -0.134. The molecule has 0 saturated carbocycles. The molecule has 1 N–H and O–H groups in total. The maximum Gasteiger partial charge on any atom is 0.330 e. The van der Waals surface area contributed by atoms with Gasteiger partial charge in [-0.25, -0.2) is 4.79 Å². The quantitative estimate of drug-likeness (QED) is 0.669. The molecule has 1 aliphatic heterocycles. The molecule has 5 heteroatoms. The molecule has 1 saturated heterocycles. The van der Waals surface area contributed by atoms with Gasteiger partial charge in [0.1, 0.15) is 11.4 Å². The summed E-state index contributed by atoms with van der Waals surface area (Å²) in [6, 6.07) is 10.3. The molecule has 132 valence electrons. The average Bonchev–Trinajstić information content (AvgIpc) is 3.15. The minimum absolute atomic E-state index is 0.282. The van der Waals surface area contributed by atoms with Crippen molar-refractivity contribution in [3.63, 3.8) is 0 Å². The van der Waals surface area contributed by atoms with E-state index in [0.29, 0.717) is 5.75 Å². The number of nitrogens with one attached hydrogen (secondary N) is 1. The number of carbonyl (C=O) groups is 1. The summed E-state index contributed by atoms with van der Waals surface area (Å²) in [6.45, 7) is 1.75. The first-order valence-electron chi connectivity index (χ1n) is 8.26. The highest BCUT2D eigenvalue weighted by molar-refractivity contribution is 5.91. The molecule has 0 spiro atoms. The van der Waals surface area contributed by atoms with Crippen LogP contribution < -0.4 is 10.1 Å². The van der Waals surface area contributed by atoms with Crippen molar-refractivity contribution >= 4 is 22.8 Å². The predicted octanol–water partition coefficient (Wildman–Crippen LogP) is 2.87. The molecule has 1 heterocycles. The molecule has 1 atom stereocenters. The minimum Gasteiger partial charge on any atom is -0.496 e. The van der Waals surface area contributed by atoms with Gasteiger partial charge in [0.15, 0.2) is 0 Å². The van der Waals surface area contributed by atoms with Crippen LogP contribution in [0.25, 0.3) is 16.8 Å². The standard InChI is InChI=1S/C20H23NO4/c1-23-18-12-14-4-6-17(20(25-3)8-9-21-13-20)11-16(14)10-15(18)5-7-19(22)24-2/h4-7,10-12,21H,8-9,13H2,1-3H3/t20-/m0/s1. The van der Waals surface area contributed by atoms with Crippen molar-refractivity contribution in [2.75, 3.05) is 34.4 Å². The van der Waals surface area contributed by atoms with Crippen LogP contribution in [0.3, 0.4) is 0 Å². The van der Waals surface area contributed by atoms with Gasteiger partial charge >= 0.3 is 5.97 Å². The zero-order valence-electron chi connectivity index (χ0n) is 14.8. The van der Waals surface area contributed by atoms with Gasteiger partial charge in [0.25, 0.3) is 0 Å². The number of esters is 1. The summed E-state index contributed by atoms with van der Waals surface area (Å²) >= 11 is 0. The number of methoxy groups -OCH3 is 3. The number of benzene rings is 2. The number of carbonyl (C=O) groups excluding carboxylic acids is 1. The van der Waals surface area contributed by atoms with Gasteiger partial charge in [-0.15, -0.1) is 0 Å². The van der Waals surface area contributed by atoms with E-state index in [1.54, 1.807) is 20.3 Å². The Kier molecular flexibility index (Phi) is 5.06. The highest BCUT2D eigenvalue weighted by atomic mass is 16.5. The maximum atomic E-state index is 11.4. The Morgan fingerprint density at radius 3 is 2.64 bits per heavy atom. The lowest BCUT2D eigenvalue weighted by atomic mass is 9.90. The molecule has 2 aromatic rings. The molecule has 0 bridgehead atoms. The largest absolute Gasteiger partial charge is 0.496 e. The van der Waals surface area contributed by atoms with E-state index in [0.717, 1.165) is 41.4 Å². The summed E-state index contributed by atoms with van der Waals surface area (Å²) in [4.78, 5) is 11.4. The molecule has 0 unspecified atom stereocenters. The monoisotopic (exact) mass is 341 g/mol. The number of hydrogen-bond acceptors (Lipinski definition) is 5. The van der Waals surface area contributed by atoms with Crippen molar-refractivity contribution in [2.24, 2.45) is 0 Å². The Labute approximate surface area is 147 Å². The van der Waals surface area contributed by atoms with Crippen LogP contribution in [0.1, 0.15) is 17.5 Å². The molecular weight excluding hydrogens is 318 g/mol. The molecule has 0 aliphatic carbocycles. The summed E-state index contributed by atoms with van der Waals surface area (Å²) in [5, 5.41) is 5.52. The Hall–Kier alpha value is -2.37. The van der Waals surface area contributed by atoms with E-state index >= 15 is 0 Å². The lowest BCUT2D eigenvalue weighted by Crippen LogP contribution is -2.30. The maximum absolute atomic E-state index is 11.4. The number of hydrogen-bond donors (Lipinski definition) is 1. The van der Waals surface area contributed by atoms with Gasteiger partial charge in [-0.1, -0.05) is 12.1 Å². The first-order chi connectivity index (χ1) is 12.1. The van der Waals surface area contributed by atoms with Gasteiger partial charge in [0.05, 0.1) is 14.2 Å². The van der Waals surface area contributed by atoms with E-state index in [1.807, 2.05) is 12.1 Å². The fourth-order valence-electron chi connectivity index (χ4n) is 3.32. The van der Waals surface area contributed by atoms with E-state index in [4.69, 9.17) is 9.47 Å². The van der Waals surface area contributed by atoms with Crippen LogP contribution in [-0.2, 0) is 19.9 Å². The van der Waals surface area contributed by atoms with Gasteiger partial charge in [0, 0.05) is 25.3 Å². The zero-order valence-corrected chi connectivity index (χ0v) is 14.8. The van der Waals surface area contributed by atoms with Crippen LogP contribution in [0.4, 0.5) is 0 Å². The van der Waals surface area contributed by atoms with Crippen LogP contribution in [0.2, 0.25) is 0 Å². The molecule has 3 rings (SSSR count). The molecule has 1 aliphatic rings. The third-order valence-electron chi connectivity index (χ3n) is 4.82. The SMILES string of the molecule is COC(=O)C=Cc1cc2cc([C@]3(OC)CCNC3)ccc2cc1OC. The first kappa shape index (κ1) is 17.5. The molecular formula is C20H23NO4. The zero-order chi connectivity index (χ0) is 17.9. The molecule has 25 heavy (non-hydrogen) atoms. The second kappa shape index (κ2) is 7.25. The normalized spacial score (nSPS) is 20.3. The Morgan fingerprint density at radius 1 is 1.16 bits per heavy atom. The summed E-state index contributed by atoms with van der Waals surface area (Å²) in [5.74, 6) is 0.315. The summed E-state index contributed by atoms with van der Waals surface area (Å²) in [7, 11) is 4.74. The average molecular weight is 341 g/mol. The van der Waals surface area contributed by atoms with E-state index in [1.165, 1.54) is 13.2 Å². The summed E-state index contributed by atoms with van der Waals surface area (Å²) in [5.41, 5.74) is 1.70. The van der Waals surface area contributed by atoms with E-state index in [2.05, 4.69) is 28.3 Å². The second-order valence-electron chi connectivity index (χ2n) is 6.14. The molecule has 1 fully saturated rings. The lowest BCUT2D eigenvalue weighted by Gasteiger charge is -2.27. The topological polar surface area (TPSA) is 56.8 Å². The van der Waals surface area contributed by atoms with Crippen molar-refractivity contribution in [1.29, 1.82) is 0 Å². The molecule has 0 aromatic heterocycles. The van der Waals surface area contributed by atoms with Crippen LogP contribution in [0, 0.1) is 0 Å². The van der Waals surface area contributed by atoms with Crippen molar-refractivity contribution < 1.29 is 19.0 Å². The second-order valence-corrected chi connectivity index (χ2v) is 6.14. The van der Waals surface area contributed by atoms with Crippen molar-refractivity contribution in [3.8, 4) is 5.75 Å². The number of ether oxygens (including phenoxy) is 3. The fourth-order valence-corrected chi connectivity index (χ4v) is 3.32. The smallest absolute Gasteiger partial charge is 0.330 e. The van der Waals surface area contributed by atoms with Crippen LogP contribution in [-0.4, -0.2) is 40.4 Å². The highest BCUT2D eigenvalue weighted by Crippen LogP contribution is 2.35. The third kappa shape index (κ3) is 3.38. The fraction of sp³-hybridized carbons (Fsp3) is 0.350. The molecule has 0 radical (unpaired) electrons. The third-order valence-corrected chi connectivity index (χ3v) is 4.82. The minimum atomic E-state index is -0.397. The predicted molar refractivity (Wildman–Crippen MR) is 97.7 cm³/mol. The molecule has 5 nitrogen and oxygen atoms in total. The Morgan fingerprint density at radius 2 is 2.00 bits per heavy atom. The van der Waals surface area contributed by atoms with Gasteiger partial charge in [0.2, 0.25) is 0 Å². The highest BCUT2D eigenvalue weighted by Gasteiger charge is 2.35. The number of rotatable bonds is 5. The van der Waals surface area contributed by atoms with Gasteiger partial charge < -0.3 is 19.5 Å². The van der Waals surface area contributed by atoms with Gasteiger partial charge in [-0.05, 0) is 53.6 Å². The van der Waals surface area contributed by atoms with E-state index in [9.17, 15) is 4.79 Å². The Balaban J connectivity index is 2.06. The van der Waals surface area contributed by atoms with Crippen molar-refractivity contribution in [2.45, 2.75) is 12.0 Å². The van der Waals surface area contributed by atoms with Gasteiger partial charge in [-0.2, -0.15) is 0 Å². The summed E-state index contributed by atoms with van der Waals surface area (Å²) in [6.07, 6.45) is 4.05. The molecule has 2 aromatic carbocycles. The first-order valence-corrected chi connectivity index (χ1v) is 8.26. The molecule has 0 amide bonds. The van der Waals surface area contributed by atoms with Crippen LogP contribution in [0.5, 0.6) is 5.75 Å². The summed E-state index contributed by atoms with van der Waals surface area (Å²) < 4.78 is 15.9. The number of fused-ring (bicyclic) bond motifs is 1. The van der Waals surface area contributed by atoms with Crippen LogP contribution >= 0.6 is 0 Å². The Bertz CT molecular complexity index is 807. The van der Waals surface area contributed by atoms with Crippen LogP contribution in [0.15, 0.2) is 36.4 Å². The van der Waals surface area contributed by atoms with Crippen molar-refractivity contribution in [3.05, 3.63) is 47.5 Å². The van der Waals surface area contributed by atoms with Gasteiger partial charge in [-0.3, -0.25) is 0 Å². The van der Waals surface area contributed by atoms with E-state index in [-0.39, 0.29) is 5.60 Å². The van der Waals surface area contributed by atoms with Crippen molar-refractivity contribution in [1.82, 2.24) is 5.32 Å². The van der Waals surface area contributed by atoms with E-state index < -0.39 is 5.97 Å².